The lowest BCUT2D eigenvalue weighted by molar-refractivity contribution is 0.782. The Hall–Kier alpha value is -1.89. The molecule has 0 amide bonds. The standard InChI is InChI=1S/C12H14N6S/c1-2-3-7-19-12-16-11(13)15-10-9-8(17-18(10)12)5-4-6-14-9/h4-6H,2-3,7H2,1H3,(H2,13,15). The van der Waals surface area contributed by atoms with Crippen molar-refractivity contribution >= 4 is 34.4 Å². The first-order chi connectivity index (χ1) is 9.29. The third-order valence-electron chi connectivity index (χ3n) is 2.75. The summed E-state index contributed by atoms with van der Waals surface area (Å²) in [7, 11) is 0. The summed E-state index contributed by atoms with van der Waals surface area (Å²) in [5.74, 6) is 1.25. The Kier molecular flexibility index (Phi) is 3.20. The second kappa shape index (κ2) is 5.00. The van der Waals surface area contributed by atoms with Gasteiger partial charge in [0.05, 0.1) is 0 Å². The van der Waals surface area contributed by atoms with Crippen LogP contribution < -0.4 is 5.73 Å². The molecule has 0 atom stereocenters. The second-order valence-electron chi connectivity index (χ2n) is 4.17. The van der Waals surface area contributed by atoms with E-state index in [1.807, 2.05) is 12.1 Å². The summed E-state index contributed by atoms with van der Waals surface area (Å²) in [5, 5.41) is 5.26. The molecule has 3 aromatic rings. The summed E-state index contributed by atoms with van der Waals surface area (Å²) in [6, 6.07) is 3.77. The number of aromatic nitrogens is 5. The monoisotopic (exact) mass is 274 g/mol. The highest BCUT2D eigenvalue weighted by atomic mass is 32.2. The lowest BCUT2D eigenvalue weighted by Gasteiger charge is -2.03. The number of nitrogens with zero attached hydrogens (tertiary/aromatic N) is 5. The zero-order chi connectivity index (χ0) is 13.2. The quantitative estimate of drug-likeness (QED) is 0.580. The van der Waals surface area contributed by atoms with E-state index in [4.69, 9.17) is 5.73 Å². The highest BCUT2D eigenvalue weighted by Gasteiger charge is 2.13. The molecule has 3 rings (SSSR count). The van der Waals surface area contributed by atoms with Crippen LogP contribution in [0.25, 0.3) is 16.7 Å². The van der Waals surface area contributed by atoms with Crippen molar-refractivity contribution in [2.24, 2.45) is 0 Å². The second-order valence-corrected chi connectivity index (χ2v) is 5.24. The lowest BCUT2D eigenvalue weighted by atomic mass is 10.4. The van der Waals surface area contributed by atoms with Crippen LogP contribution in [0.15, 0.2) is 23.5 Å². The van der Waals surface area contributed by atoms with Crippen LogP contribution in [-0.2, 0) is 0 Å². The zero-order valence-electron chi connectivity index (χ0n) is 10.6. The van der Waals surface area contributed by atoms with Crippen molar-refractivity contribution < 1.29 is 0 Å². The van der Waals surface area contributed by atoms with Crippen LogP contribution in [0, 0.1) is 0 Å². The van der Waals surface area contributed by atoms with Gasteiger partial charge in [0.25, 0.3) is 0 Å². The largest absolute Gasteiger partial charge is 0.368 e. The Morgan fingerprint density at radius 3 is 3.11 bits per heavy atom. The van der Waals surface area contributed by atoms with E-state index in [-0.39, 0.29) is 5.95 Å². The molecule has 0 unspecified atom stereocenters. The van der Waals surface area contributed by atoms with Gasteiger partial charge in [0.2, 0.25) is 5.95 Å². The molecule has 7 heteroatoms. The number of nitrogen functional groups attached to an aromatic ring is 1. The van der Waals surface area contributed by atoms with Gasteiger partial charge in [-0.05, 0) is 18.6 Å². The van der Waals surface area contributed by atoms with Gasteiger partial charge in [0.15, 0.2) is 10.8 Å². The van der Waals surface area contributed by atoms with E-state index in [1.165, 1.54) is 0 Å². The smallest absolute Gasteiger partial charge is 0.224 e. The van der Waals surface area contributed by atoms with Crippen LogP contribution in [0.4, 0.5) is 5.95 Å². The molecule has 0 spiro atoms. The number of pyridine rings is 1. The molecular weight excluding hydrogens is 260 g/mol. The van der Waals surface area contributed by atoms with Crippen molar-refractivity contribution in [2.45, 2.75) is 24.9 Å². The fourth-order valence-corrected chi connectivity index (χ4v) is 2.84. The van der Waals surface area contributed by atoms with Crippen molar-refractivity contribution in [1.29, 1.82) is 0 Å². The number of thioether (sulfide) groups is 1. The van der Waals surface area contributed by atoms with Crippen LogP contribution >= 0.6 is 11.8 Å². The van der Waals surface area contributed by atoms with Gasteiger partial charge in [-0.3, -0.25) is 4.98 Å². The molecule has 0 radical (unpaired) electrons. The number of fused-ring (bicyclic) bond motifs is 3. The van der Waals surface area contributed by atoms with E-state index in [0.717, 1.165) is 34.8 Å². The molecular formula is C12H14N6S. The number of hydrogen-bond donors (Lipinski definition) is 1. The molecule has 0 aromatic carbocycles. The van der Waals surface area contributed by atoms with Gasteiger partial charge in [0, 0.05) is 11.9 Å². The number of unbranched alkanes of at least 4 members (excludes halogenated alkanes) is 1. The number of rotatable bonds is 4. The molecule has 0 bridgehead atoms. The van der Waals surface area contributed by atoms with Gasteiger partial charge >= 0.3 is 0 Å². The average Bonchev–Trinajstić information content (AvgIpc) is 2.78. The van der Waals surface area contributed by atoms with Crippen molar-refractivity contribution in [3.05, 3.63) is 18.3 Å². The van der Waals surface area contributed by atoms with Gasteiger partial charge in [-0.2, -0.15) is 19.6 Å². The first-order valence-electron chi connectivity index (χ1n) is 6.19. The van der Waals surface area contributed by atoms with Crippen molar-refractivity contribution in [1.82, 2.24) is 24.6 Å². The number of nitrogens with two attached hydrogens (primary N) is 1. The molecule has 0 aliphatic rings. The maximum atomic E-state index is 5.77. The Labute approximate surface area is 114 Å². The first kappa shape index (κ1) is 12.2. The van der Waals surface area contributed by atoms with Gasteiger partial charge in [0.1, 0.15) is 11.0 Å². The third-order valence-corrected chi connectivity index (χ3v) is 3.76. The summed E-state index contributed by atoms with van der Waals surface area (Å²) < 4.78 is 1.73. The van der Waals surface area contributed by atoms with Gasteiger partial charge < -0.3 is 5.73 Å². The Morgan fingerprint density at radius 2 is 2.26 bits per heavy atom. The molecule has 2 N–H and O–H groups in total. The average molecular weight is 274 g/mol. The highest BCUT2D eigenvalue weighted by molar-refractivity contribution is 7.99. The van der Waals surface area contributed by atoms with E-state index in [2.05, 4.69) is 27.0 Å². The summed E-state index contributed by atoms with van der Waals surface area (Å²) in [4.78, 5) is 12.8. The van der Waals surface area contributed by atoms with E-state index in [9.17, 15) is 0 Å². The fraction of sp³-hybridized carbons (Fsp3) is 0.333. The van der Waals surface area contributed by atoms with Crippen LogP contribution in [0.2, 0.25) is 0 Å². The van der Waals surface area contributed by atoms with Crippen LogP contribution in [0.3, 0.4) is 0 Å². The topological polar surface area (TPSA) is 82.0 Å². The van der Waals surface area contributed by atoms with E-state index in [1.54, 1.807) is 22.5 Å². The molecule has 3 aromatic heterocycles. The Morgan fingerprint density at radius 1 is 1.37 bits per heavy atom. The maximum Gasteiger partial charge on any atom is 0.224 e. The SMILES string of the molecule is CCCCSc1nc(N)nc2c3ncccc3nn12. The molecule has 3 heterocycles. The number of hydrogen-bond acceptors (Lipinski definition) is 6. The molecule has 0 saturated carbocycles. The maximum absolute atomic E-state index is 5.77. The first-order valence-corrected chi connectivity index (χ1v) is 7.18. The predicted molar refractivity (Wildman–Crippen MR) is 76.1 cm³/mol. The van der Waals surface area contributed by atoms with Gasteiger partial charge in [-0.15, -0.1) is 0 Å². The summed E-state index contributed by atoms with van der Waals surface area (Å²) in [6.07, 6.45) is 4.01. The minimum absolute atomic E-state index is 0.263. The molecule has 0 aliphatic heterocycles. The highest BCUT2D eigenvalue weighted by Crippen LogP contribution is 2.22. The van der Waals surface area contributed by atoms with Crippen LogP contribution in [-0.4, -0.2) is 30.3 Å². The summed E-state index contributed by atoms with van der Waals surface area (Å²) in [6.45, 7) is 2.16. The third kappa shape index (κ3) is 2.21. The molecule has 0 fully saturated rings. The minimum Gasteiger partial charge on any atom is -0.368 e. The normalized spacial score (nSPS) is 11.4. The molecule has 0 aliphatic carbocycles. The summed E-state index contributed by atoms with van der Waals surface area (Å²) >= 11 is 1.65. The Balaban J connectivity index is 2.15. The lowest BCUT2D eigenvalue weighted by Crippen LogP contribution is -2.04. The molecule has 19 heavy (non-hydrogen) atoms. The van der Waals surface area contributed by atoms with E-state index >= 15 is 0 Å². The van der Waals surface area contributed by atoms with Crippen molar-refractivity contribution in [3.63, 3.8) is 0 Å². The van der Waals surface area contributed by atoms with E-state index < -0.39 is 0 Å². The minimum atomic E-state index is 0.263. The van der Waals surface area contributed by atoms with Crippen molar-refractivity contribution in [2.75, 3.05) is 11.5 Å². The molecule has 6 nitrogen and oxygen atoms in total. The van der Waals surface area contributed by atoms with Gasteiger partial charge in [-0.25, -0.2) is 0 Å². The predicted octanol–water partition coefficient (Wildman–Crippen LogP) is 2.15. The zero-order valence-corrected chi connectivity index (χ0v) is 11.4. The molecule has 98 valence electrons. The van der Waals surface area contributed by atoms with Crippen LogP contribution in [0.1, 0.15) is 19.8 Å². The van der Waals surface area contributed by atoms with Gasteiger partial charge in [-0.1, -0.05) is 25.1 Å². The Bertz CT molecular complexity index is 723. The van der Waals surface area contributed by atoms with E-state index in [0.29, 0.717) is 5.65 Å². The number of anilines is 1. The summed E-state index contributed by atoms with van der Waals surface area (Å²) in [5.41, 5.74) is 8.01. The molecule has 0 saturated heterocycles. The van der Waals surface area contributed by atoms with Crippen molar-refractivity contribution in [3.8, 4) is 0 Å². The van der Waals surface area contributed by atoms with Crippen LogP contribution in [0.5, 0.6) is 0 Å². The fourth-order valence-electron chi connectivity index (χ4n) is 1.82.